The zero-order valence-corrected chi connectivity index (χ0v) is 12.9. The molecular weight excluding hydrogens is 268 g/mol. The van der Waals surface area contributed by atoms with Crippen molar-refractivity contribution < 1.29 is 14.7 Å². The molecule has 5 heteroatoms. The number of unbranched alkanes of at least 4 members (excludes halogenated alkanes) is 1. The molecule has 1 aromatic rings. The van der Waals surface area contributed by atoms with Crippen molar-refractivity contribution in [1.29, 1.82) is 0 Å². The minimum absolute atomic E-state index is 0.0502. The lowest BCUT2D eigenvalue weighted by Crippen LogP contribution is -2.30. The van der Waals surface area contributed by atoms with Crippen molar-refractivity contribution in [3.8, 4) is 0 Å². The predicted octanol–water partition coefficient (Wildman–Crippen LogP) is 3.36. The Balaban J connectivity index is 2.47. The molecule has 0 heterocycles. The van der Waals surface area contributed by atoms with E-state index >= 15 is 0 Å². The maximum atomic E-state index is 11.9. The molecule has 0 aliphatic heterocycles. The van der Waals surface area contributed by atoms with Crippen LogP contribution in [0.2, 0.25) is 0 Å². The second-order valence-corrected chi connectivity index (χ2v) is 6.03. The molecule has 0 unspecified atom stereocenters. The average Bonchev–Trinajstić information content (AvgIpc) is 2.37. The maximum absolute atomic E-state index is 11.9. The number of nitrogens with one attached hydrogen (secondary N) is 2. The van der Waals surface area contributed by atoms with Crippen LogP contribution in [0, 0.1) is 0 Å². The van der Waals surface area contributed by atoms with E-state index in [1.807, 2.05) is 24.3 Å². The number of carbonyl (C=O) groups is 2. The topological polar surface area (TPSA) is 78.4 Å². The van der Waals surface area contributed by atoms with Crippen LogP contribution in [-0.4, -0.2) is 23.7 Å². The summed E-state index contributed by atoms with van der Waals surface area (Å²) in [5.74, 6) is -0.807. The maximum Gasteiger partial charge on any atom is 0.319 e. The van der Waals surface area contributed by atoms with Gasteiger partial charge in [0.15, 0.2) is 0 Å². The number of amides is 2. The molecule has 0 radical (unpaired) electrons. The molecule has 1 rings (SSSR count). The molecular formula is C16H24N2O3. The number of hydrogen-bond donors (Lipinski definition) is 3. The summed E-state index contributed by atoms with van der Waals surface area (Å²) in [6.07, 6.45) is 1.35. The zero-order valence-electron chi connectivity index (χ0n) is 12.9. The van der Waals surface area contributed by atoms with E-state index in [1.165, 1.54) is 0 Å². The number of carboxylic acid groups (broad SMARTS) is 1. The van der Waals surface area contributed by atoms with Gasteiger partial charge in [0.2, 0.25) is 0 Å². The summed E-state index contributed by atoms with van der Waals surface area (Å²) in [5.41, 5.74) is 1.82. The van der Waals surface area contributed by atoms with E-state index < -0.39 is 5.97 Å². The molecule has 0 saturated carbocycles. The normalized spacial score (nSPS) is 11.0. The number of carbonyl (C=O) groups excluding carboxylic acids is 1. The van der Waals surface area contributed by atoms with Crippen LogP contribution in [0.5, 0.6) is 0 Å². The van der Waals surface area contributed by atoms with Crippen molar-refractivity contribution in [2.24, 2.45) is 0 Å². The summed E-state index contributed by atoms with van der Waals surface area (Å²) in [5, 5.41) is 14.1. The van der Waals surface area contributed by atoms with Crippen LogP contribution in [0.3, 0.4) is 0 Å². The van der Waals surface area contributed by atoms with Crippen LogP contribution >= 0.6 is 0 Å². The molecule has 2 amide bonds. The minimum atomic E-state index is -0.807. The van der Waals surface area contributed by atoms with E-state index in [2.05, 4.69) is 31.4 Å². The van der Waals surface area contributed by atoms with Gasteiger partial charge in [-0.2, -0.15) is 0 Å². The Labute approximate surface area is 125 Å². The Bertz CT molecular complexity index is 493. The van der Waals surface area contributed by atoms with Crippen LogP contribution in [-0.2, 0) is 10.2 Å². The van der Waals surface area contributed by atoms with Gasteiger partial charge in [0, 0.05) is 18.7 Å². The predicted molar refractivity (Wildman–Crippen MR) is 83.7 cm³/mol. The first-order chi connectivity index (χ1) is 9.80. The molecule has 1 aromatic carbocycles. The van der Waals surface area contributed by atoms with Crippen molar-refractivity contribution in [3.63, 3.8) is 0 Å². The van der Waals surface area contributed by atoms with E-state index in [9.17, 15) is 9.59 Å². The summed E-state index contributed by atoms with van der Waals surface area (Å²) in [6.45, 7) is 6.75. The molecule has 0 fully saturated rings. The molecule has 0 saturated heterocycles. The van der Waals surface area contributed by atoms with Crippen LogP contribution in [0.4, 0.5) is 10.5 Å². The molecule has 0 spiro atoms. The Morgan fingerprint density at radius 3 is 2.43 bits per heavy atom. The zero-order chi connectivity index (χ0) is 15.9. The Morgan fingerprint density at radius 1 is 1.14 bits per heavy atom. The molecule has 116 valence electrons. The van der Waals surface area contributed by atoms with Crippen LogP contribution in [0.25, 0.3) is 0 Å². The second-order valence-electron chi connectivity index (χ2n) is 6.03. The summed E-state index contributed by atoms with van der Waals surface area (Å²) in [4.78, 5) is 22.2. The lowest BCUT2D eigenvalue weighted by Gasteiger charge is -2.23. The van der Waals surface area contributed by atoms with Gasteiger partial charge in [-0.3, -0.25) is 4.79 Å². The summed E-state index contributed by atoms with van der Waals surface area (Å²) >= 11 is 0. The van der Waals surface area contributed by atoms with Gasteiger partial charge < -0.3 is 15.7 Å². The third kappa shape index (κ3) is 6.29. The number of carboxylic acids is 1. The number of para-hydroxylation sites is 1. The van der Waals surface area contributed by atoms with Crippen LogP contribution in [0.15, 0.2) is 24.3 Å². The molecule has 0 aliphatic carbocycles. The van der Waals surface area contributed by atoms with Crippen molar-refractivity contribution in [2.45, 2.75) is 45.4 Å². The highest BCUT2D eigenvalue weighted by atomic mass is 16.4. The Hall–Kier alpha value is -2.04. The quantitative estimate of drug-likeness (QED) is 0.703. The summed E-state index contributed by atoms with van der Waals surface area (Å²) in [7, 11) is 0. The molecule has 5 nitrogen and oxygen atoms in total. The van der Waals surface area contributed by atoms with Gasteiger partial charge in [-0.25, -0.2) is 4.79 Å². The number of aliphatic carboxylic acids is 1. The van der Waals surface area contributed by atoms with Crippen molar-refractivity contribution in [1.82, 2.24) is 5.32 Å². The van der Waals surface area contributed by atoms with Gasteiger partial charge in [0.05, 0.1) is 0 Å². The van der Waals surface area contributed by atoms with Crippen LogP contribution < -0.4 is 10.6 Å². The van der Waals surface area contributed by atoms with Crippen molar-refractivity contribution in [3.05, 3.63) is 29.8 Å². The second kappa shape index (κ2) is 7.67. The Morgan fingerprint density at radius 2 is 1.81 bits per heavy atom. The standard InChI is InChI=1S/C16H24N2O3/c1-16(2,3)12-8-4-5-9-13(12)18-15(21)17-11-7-6-10-14(19)20/h4-5,8-9H,6-7,10-11H2,1-3H3,(H,19,20)(H2,17,18,21). The fourth-order valence-electron chi connectivity index (χ4n) is 2.02. The largest absolute Gasteiger partial charge is 0.481 e. The minimum Gasteiger partial charge on any atom is -0.481 e. The molecule has 0 aliphatic rings. The van der Waals surface area contributed by atoms with Gasteiger partial charge in [-0.05, 0) is 29.9 Å². The molecule has 21 heavy (non-hydrogen) atoms. The van der Waals surface area contributed by atoms with E-state index in [0.717, 1.165) is 11.3 Å². The van der Waals surface area contributed by atoms with Gasteiger partial charge in [-0.1, -0.05) is 39.0 Å². The van der Waals surface area contributed by atoms with Crippen molar-refractivity contribution in [2.75, 3.05) is 11.9 Å². The highest BCUT2D eigenvalue weighted by molar-refractivity contribution is 5.90. The number of rotatable bonds is 6. The van der Waals surface area contributed by atoms with Crippen LogP contribution in [0.1, 0.15) is 45.6 Å². The number of hydrogen-bond acceptors (Lipinski definition) is 2. The van der Waals surface area contributed by atoms with Gasteiger partial charge in [0.25, 0.3) is 0 Å². The third-order valence-electron chi connectivity index (χ3n) is 3.09. The van der Waals surface area contributed by atoms with E-state index in [-0.39, 0.29) is 17.9 Å². The summed E-state index contributed by atoms with van der Waals surface area (Å²) < 4.78 is 0. The van der Waals surface area contributed by atoms with Gasteiger partial charge >= 0.3 is 12.0 Å². The monoisotopic (exact) mass is 292 g/mol. The fraction of sp³-hybridized carbons (Fsp3) is 0.500. The lowest BCUT2D eigenvalue weighted by atomic mass is 9.86. The first-order valence-electron chi connectivity index (χ1n) is 7.17. The van der Waals surface area contributed by atoms with Gasteiger partial charge in [-0.15, -0.1) is 0 Å². The smallest absolute Gasteiger partial charge is 0.319 e. The fourth-order valence-corrected chi connectivity index (χ4v) is 2.02. The van der Waals surface area contributed by atoms with E-state index in [4.69, 9.17) is 5.11 Å². The van der Waals surface area contributed by atoms with Gasteiger partial charge in [0.1, 0.15) is 0 Å². The molecule has 0 atom stereocenters. The number of anilines is 1. The highest BCUT2D eigenvalue weighted by Crippen LogP contribution is 2.29. The van der Waals surface area contributed by atoms with Crippen molar-refractivity contribution >= 4 is 17.7 Å². The Kier molecular flexibility index (Phi) is 6.21. The lowest BCUT2D eigenvalue weighted by molar-refractivity contribution is -0.137. The number of urea groups is 1. The summed E-state index contributed by atoms with van der Waals surface area (Å²) in [6, 6.07) is 7.46. The van der Waals surface area contributed by atoms with E-state index in [1.54, 1.807) is 0 Å². The first kappa shape index (κ1) is 17.0. The highest BCUT2D eigenvalue weighted by Gasteiger charge is 2.18. The third-order valence-corrected chi connectivity index (χ3v) is 3.09. The van der Waals surface area contributed by atoms with E-state index in [0.29, 0.717) is 19.4 Å². The molecule has 0 bridgehead atoms. The number of benzene rings is 1. The first-order valence-corrected chi connectivity index (χ1v) is 7.17. The molecule has 3 N–H and O–H groups in total. The SMILES string of the molecule is CC(C)(C)c1ccccc1NC(=O)NCCCCC(=O)O. The molecule has 0 aromatic heterocycles. The average molecular weight is 292 g/mol.